The van der Waals surface area contributed by atoms with Gasteiger partial charge in [0, 0.05) is 0 Å². The lowest BCUT2D eigenvalue weighted by Crippen LogP contribution is -2.32. The Morgan fingerprint density at radius 3 is 2.56 bits per heavy atom. The maximum Gasteiger partial charge on any atom is 0.320 e. The van der Waals surface area contributed by atoms with Crippen molar-refractivity contribution in [3.8, 4) is 6.07 Å². The lowest BCUT2D eigenvalue weighted by Gasteiger charge is -2.08. The molecular formula is C10H8F2N2O2. The summed E-state index contributed by atoms with van der Waals surface area (Å²) in [6.45, 7) is 0. The Balaban J connectivity index is 3.09. The zero-order chi connectivity index (χ0) is 12.3. The number of aliphatic carboxylic acids is 1. The number of hydrogen-bond donors (Lipinski definition) is 2. The number of nitriles is 1. The molecule has 6 heteroatoms. The van der Waals surface area contributed by atoms with Gasteiger partial charge in [-0.15, -0.1) is 0 Å². The number of nitrogens with zero attached hydrogens (tertiary/aromatic N) is 1. The number of carboxylic acids is 1. The van der Waals surface area contributed by atoms with E-state index in [0.29, 0.717) is 0 Å². The van der Waals surface area contributed by atoms with E-state index in [1.807, 2.05) is 0 Å². The average molecular weight is 226 g/mol. The Kier molecular flexibility index (Phi) is 3.53. The predicted octanol–water partition coefficient (Wildman–Crippen LogP) is 0.791. The Morgan fingerprint density at radius 1 is 1.50 bits per heavy atom. The van der Waals surface area contributed by atoms with Crippen molar-refractivity contribution >= 4 is 5.97 Å². The molecule has 0 aliphatic carbocycles. The number of carbonyl (C=O) groups is 1. The Labute approximate surface area is 89.9 Å². The Hall–Kier alpha value is -2.00. The van der Waals surface area contributed by atoms with E-state index in [4.69, 9.17) is 16.1 Å². The van der Waals surface area contributed by atoms with Gasteiger partial charge >= 0.3 is 5.97 Å². The summed E-state index contributed by atoms with van der Waals surface area (Å²) < 4.78 is 25.6. The maximum atomic E-state index is 12.9. The normalized spacial score (nSPS) is 11.9. The number of rotatable bonds is 3. The molecule has 0 radical (unpaired) electrons. The SMILES string of the molecule is N#Cc1cc(F)c(F)cc1C[C@H](N)C(=O)O. The van der Waals surface area contributed by atoms with Crippen LogP contribution in [-0.4, -0.2) is 17.1 Å². The van der Waals surface area contributed by atoms with Crippen molar-refractivity contribution in [2.75, 3.05) is 0 Å². The van der Waals surface area contributed by atoms with Crippen molar-refractivity contribution in [3.63, 3.8) is 0 Å². The molecule has 84 valence electrons. The molecule has 3 N–H and O–H groups in total. The number of nitrogens with two attached hydrogens (primary N) is 1. The van der Waals surface area contributed by atoms with E-state index in [-0.39, 0.29) is 17.5 Å². The first kappa shape index (κ1) is 12.1. The first-order valence-electron chi connectivity index (χ1n) is 4.32. The number of halogens is 2. The van der Waals surface area contributed by atoms with Crippen LogP contribution in [-0.2, 0) is 11.2 Å². The standard InChI is InChI=1S/C10H8F2N2O2/c11-7-1-5(3-9(14)10(15)16)6(4-13)2-8(7)12/h1-2,9H,3,14H2,(H,15,16)/t9-/m0/s1. The van der Waals surface area contributed by atoms with Gasteiger partial charge in [-0.2, -0.15) is 5.26 Å². The quantitative estimate of drug-likeness (QED) is 0.797. The highest BCUT2D eigenvalue weighted by molar-refractivity contribution is 5.73. The van der Waals surface area contributed by atoms with Crippen molar-refractivity contribution < 1.29 is 18.7 Å². The second kappa shape index (κ2) is 4.68. The summed E-state index contributed by atoms with van der Waals surface area (Å²) in [4.78, 5) is 10.5. The minimum absolute atomic E-state index is 0.0799. The smallest absolute Gasteiger partial charge is 0.320 e. The lowest BCUT2D eigenvalue weighted by molar-refractivity contribution is -0.138. The summed E-state index contributed by atoms with van der Waals surface area (Å²) in [5, 5.41) is 17.2. The van der Waals surface area contributed by atoms with Crippen molar-refractivity contribution in [2.24, 2.45) is 5.73 Å². The third-order valence-electron chi connectivity index (χ3n) is 2.02. The second-order valence-electron chi connectivity index (χ2n) is 3.18. The maximum absolute atomic E-state index is 12.9. The summed E-state index contributed by atoms with van der Waals surface area (Å²) in [5.74, 6) is -3.55. The number of hydrogen-bond acceptors (Lipinski definition) is 3. The van der Waals surface area contributed by atoms with Gasteiger partial charge in [-0.25, -0.2) is 8.78 Å². The molecular weight excluding hydrogens is 218 g/mol. The van der Waals surface area contributed by atoms with Crippen LogP contribution in [0.5, 0.6) is 0 Å². The van der Waals surface area contributed by atoms with Gasteiger partial charge in [0.2, 0.25) is 0 Å². The fraction of sp³-hybridized carbons (Fsp3) is 0.200. The van der Waals surface area contributed by atoms with Crippen LogP contribution < -0.4 is 5.73 Å². The molecule has 1 aromatic carbocycles. The largest absolute Gasteiger partial charge is 0.480 e. The van der Waals surface area contributed by atoms with Crippen LogP contribution in [0.3, 0.4) is 0 Å². The molecule has 0 unspecified atom stereocenters. The second-order valence-corrected chi connectivity index (χ2v) is 3.18. The molecule has 0 spiro atoms. The summed E-state index contributed by atoms with van der Waals surface area (Å²) in [7, 11) is 0. The molecule has 0 fully saturated rings. The minimum atomic E-state index is -1.27. The van der Waals surface area contributed by atoms with Crippen LogP contribution in [0.2, 0.25) is 0 Å². The summed E-state index contributed by atoms with van der Waals surface area (Å²) >= 11 is 0. The molecule has 0 aliphatic rings. The summed E-state index contributed by atoms with van der Waals surface area (Å²) in [6.07, 6.45) is -0.227. The summed E-state index contributed by atoms with van der Waals surface area (Å²) in [6, 6.07) is 1.91. The highest BCUT2D eigenvalue weighted by Gasteiger charge is 2.16. The van der Waals surface area contributed by atoms with Crippen molar-refractivity contribution in [1.82, 2.24) is 0 Å². The molecule has 0 saturated carbocycles. The molecule has 0 heterocycles. The monoisotopic (exact) mass is 226 g/mol. The van der Waals surface area contributed by atoms with E-state index in [9.17, 15) is 13.6 Å². The minimum Gasteiger partial charge on any atom is -0.480 e. The van der Waals surface area contributed by atoms with Crippen LogP contribution in [0.1, 0.15) is 11.1 Å². The van der Waals surface area contributed by atoms with Gasteiger partial charge in [-0.3, -0.25) is 4.79 Å². The number of benzene rings is 1. The molecule has 1 rings (SSSR count). The predicted molar refractivity (Wildman–Crippen MR) is 50.4 cm³/mol. The topological polar surface area (TPSA) is 87.1 Å². The first-order valence-corrected chi connectivity index (χ1v) is 4.32. The molecule has 1 aromatic rings. The van der Waals surface area contributed by atoms with Crippen LogP contribution in [0.4, 0.5) is 8.78 Å². The van der Waals surface area contributed by atoms with Gasteiger partial charge < -0.3 is 10.8 Å². The lowest BCUT2D eigenvalue weighted by atomic mass is 10.0. The van der Waals surface area contributed by atoms with Crippen LogP contribution in [0, 0.1) is 23.0 Å². The van der Waals surface area contributed by atoms with E-state index in [2.05, 4.69) is 0 Å². The zero-order valence-corrected chi connectivity index (χ0v) is 8.08. The van der Waals surface area contributed by atoms with Gasteiger partial charge in [-0.05, 0) is 24.1 Å². The van der Waals surface area contributed by atoms with Crippen molar-refractivity contribution in [3.05, 3.63) is 34.9 Å². The van der Waals surface area contributed by atoms with Crippen molar-refractivity contribution in [2.45, 2.75) is 12.5 Å². The van der Waals surface area contributed by atoms with Gasteiger partial charge in [0.15, 0.2) is 11.6 Å². The molecule has 0 aromatic heterocycles. The van der Waals surface area contributed by atoms with Crippen molar-refractivity contribution in [1.29, 1.82) is 5.26 Å². The van der Waals surface area contributed by atoms with E-state index in [0.717, 1.165) is 12.1 Å². The van der Waals surface area contributed by atoms with Crippen LogP contribution >= 0.6 is 0 Å². The highest BCUT2D eigenvalue weighted by atomic mass is 19.2. The zero-order valence-electron chi connectivity index (χ0n) is 8.08. The average Bonchev–Trinajstić information content (AvgIpc) is 2.22. The molecule has 0 saturated heterocycles. The molecule has 16 heavy (non-hydrogen) atoms. The van der Waals surface area contributed by atoms with E-state index >= 15 is 0 Å². The first-order chi connectivity index (χ1) is 7.45. The fourth-order valence-corrected chi connectivity index (χ4v) is 1.19. The van der Waals surface area contributed by atoms with Gasteiger partial charge in [-0.1, -0.05) is 0 Å². The molecule has 4 nitrogen and oxygen atoms in total. The molecule has 1 atom stereocenters. The van der Waals surface area contributed by atoms with Crippen LogP contribution in [0.25, 0.3) is 0 Å². The summed E-state index contributed by atoms with van der Waals surface area (Å²) in [5.41, 5.74) is 5.20. The molecule has 0 amide bonds. The van der Waals surface area contributed by atoms with Crippen LogP contribution in [0.15, 0.2) is 12.1 Å². The van der Waals surface area contributed by atoms with Gasteiger partial charge in [0.05, 0.1) is 11.6 Å². The van der Waals surface area contributed by atoms with Gasteiger partial charge in [0.1, 0.15) is 6.04 Å². The van der Waals surface area contributed by atoms with E-state index in [1.54, 1.807) is 6.07 Å². The molecule has 0 bridgehead atoms. The number of carboxylic acid groups (broad SMARTS) is 1. The third-order valence-corrected chi connectivity index (χ3v) is 2.02. The van der Waals surface area contributed by atoms with E-state index in [1.165, 1.54) is 0 Å². The van der Waals surface area contributed by atoms with Gasteiger partial charge in [0.25, 0.3) is 0 Å². The Morgan fingerprint density at radius 2 is 2.06 bits per heavy atom. The highest BCUT2D eigenvalue weighted by Crippen LogP contribution is 2.15. The Bertz CT molecular complexity index is 469. The molecule has 0 aliphatic heterocycles. The van der Waals surface area contributed by atoms with E-state index < -0.39 is 23.6 Å². The fourth-order valence-electron chi connectivity index (χ4n) is 1.19. The third kappa shape index (κ3) is 2.52.